The van der Waals surface area contributed by atoms with Gasteiger partial charge in [-0.3, -0.25) is 0 Å². The van der Waals surface area contributed by atoms with Crippen molar-refractivity contribution < 1.29 is 9.84 Å². The zero-order valence-electron chi connectivity index (χ0n) is 8.68. The number of fused-ring (bicyclic) bond motifs is 1. The number of rotatable bonds is 3. The summed E-state index contributed by atoms with van der Waals surface area (Å²) in [6, 6.07) is 13.8. The van der Waals surface area contributed by atoms with Crippen LogP contribution in [0.3, 0.4) is 0 Å². The van der Waals surface area contributed by atoms with Gasteiger partial charge < -0.3 is 9.84 Å². The molecule has 2 aromatic rings. The fourth-order valence-electron chi connectivity index (χ4n) is 1.71. The molecule has 2 aromatic carbocycles. The lowest BCUT2D eigenvalue weighted by molar-refractivity contribution is -0.0969. The summed E-state index contributed by atoms with van der Waals surface area (Å²) >= 11 is 0. The summed E-state index contributed by atoms with van der Waals surface area (Å²) < 4.78 is 5.19. The van der Waals surface area contributed by atoms with E-state index >= 15 is 0 Å². The van der Waals surface area contributed by atoms with E-state index in [9.17, 15) is 5.11 Å². The van der Waals surface area contributed by atoms with Crippen molar-refractivity contribution in [2.45, 2.75) is 13.2 Å². The Hall–Kier alpha value is -1.38. The van der Waals surface area contributed by atoms with Crippen LogP contribution in [-0.2, 0) is 4.74 Å². The molecule has 78 valence electrons. The average molecular weight is 202 g/mol. The molecule has 1 atom stereocenters. The number of ether oxygens (including phenoxy) is 1. The van der Waals surface area contributed by atoms with Gasteiger partial charge in [-0.1, -0.05) is 42.5 Å². The third-order valence-electron chi connectivity index (χ3n) is 2.41. The highest BCUT2D eigenvalue weighted by atomic mass is 16.6. The van der Waals surface area contributed by atoms with Crippen LogP contribution >= 0.6 is 0 Å². The van der Waals surface area contributed by atoms with Gasteiger partial charge >= 0.3 is 0 Å². The smallest absolute Gasteiger partial charge is 0.181 e. The molecule has 2 rings (SSSR count). The van der Waals surface area contributed by atoms with Crippen molar-refractivity contribution in [1.29, 1.82) is 0 Å². The second-order valence-electron chi connectivity index (χ2n) is 3.38. The van der Waals surface area contributed by atoms with Crippen molar-refractivity contribution in [1.82, 2.24) is 0 Å². The van der Waals surface area contributed by atoms with Crippen LogP contribution in [0, 0.1) is 0 Å². The van der Waals surface area contributed by atoms with Crippen LogP contribution in [0.5, 0.6) is 0 Å². The maximum atomic E-state index is 9.80. The molecule has 2 heteroatoms. The second kappa shape index (κ2) is 4.43. The number of aliphatic hydroxyl groups is 1. The predicted octanol–water partition coefficient (Wildman–Crippen LogP) is 2.87. The molecule has 1 unspecified atom stereocenters. The molecule has 0 amide bonds. The number of hydrogen-bond acceptors (Lipinski definition) is 2. The van der Waals surface area contributed by atoms with E-state index in [2.05, 4.69) is 0 Å². The predicted molar refractivity (Wildman–Crippen MR) is 60.5 cm³/mol. The first-order chi connectivity index (χ1) is 7.33. The van der Waals surface area contributed by atoms with Crippen molar-refractivity contribution in [3.8, 4) is 0 Å². The second-order valence-corrected chi connectivity index (χ2v) is 3.38. The third kappa shape index (κ3) is 2.01. The lowest BCUT2D eigenvalue weighted by atomic mass is 10.0. The van der Waals surface area contributed by atoms with Gasteiger partial charge in [-0.25, -0.2) is 0 Å². The van der Waals surface area contributed by atoms with E-state index in [1.807, 2.05) is 49.4 Å². The Labute approximate surface area is 89.1 Å². The largest absolute Gasteiger partial charge is 0.364 e. The summed E-state index contributed by atoms with van der Waals surface area (Å²) in [5.41, 5.74) is 0.829. The van der Waals surface area contributed by atoms with Gasteiger partial charge in [-0.2, -0.15) is 0 Å². The molecule has 0 aliphatic rings. The van der Waals surface area contributed by atoms with E-state index in [0.717, 1.165) is 16.3 Å². The molecule has 0 aliphatic carbocycles. The molecular formula is C13H14O2. The van der Waals surface area contributed by atoms with Gasteiger partial charge in [0.05, 0.1) is 0 Å². The summed E-state index contributed by atoms with van der Waals surface area (Å²) in [5, 5.41) is 12.0. The summed E-state index contributed by atoms with van der Waals surface area (Å²) in [6.45, 7) is 2.37. The van der Waals surface area contributed by atoms with Crippen molar-refractivity contribution >= 4 is 10.8 Å². The standard InChI is InChI=1S/C13H14O2/c1-2-15-13(14)12-9-5-7-10-6-3-4-8-11(10)12/h3-9,13-14H,2H2,1H3. The Kier molecular flexibility index (Phi) is 2.99. The van der Waals surface area contributed by atoms with Crippen molar-refractivity contribution in [3.05, 3.63) is 48.0 Å². The maximum absolute atomic E-state index is 9.80. The third-order valence-corrected chi connectivity index (χ3v) is 2.41. The zero-order valence-corrected chi connectivity index (χ0v) is 8.68. The Balaban J connectivity index is 2.50. The first-order valence-corrected chi connectivity index (χ1v) is 5.10. The fraction of sp³-hybridized carbons (Fsp3) is 0.231. The van der Waals surface area contributed by atoms with Crippen molar-refractivity contribution in [2.24, 2.45) is 0 Å². The molecule has 0 fully saturated rings. The number of benzene rings is 2. The van der Waals surface area contributed by atoms with Crippen LogP contribution < -0.4 is 0 Å². The van der Waals surface area contributed by atoms with Crippen LogP contribution in [-0.4, -0.2) is 11.7 Å². The van der Waals surface area contributed by atoms with Gasteiger partial charge in [0.2, 0.25) is 0 Å². The highest BCUT2D eigenvalue weighted by Crippen LogP contribution is 2.24. The minimum Gasteiger partial charge on any atom is -0.364 e. The minimum atomic E-state index is -0.832. The number of hydrogen-bond donors (Lipinski definition) is 1. The lowest BCUT2D eigenvalue weighted by Gasteiger charge is -2.13. The molecule has 0 aromatic heterocycles. The first-order valence-electron chi connectivity index (χ1n) is 5.10. The monoisotopic (exact) mass is 202 g/mol. The van der Waals surface area contributed by atoms with E-state index in [1.165, 1.54) is 0 Å². The van der Waals surface area contributed by atoms with Crippen LogP contribution in [0.4, 0.5) is 0 Å². The zero-order chi connectivity index (χ0) is 10.7. The fourth-order valence-corrected chi connectivity index (χ4v) is 1.71. The Morgan fingerprint density at radius 2 is 1.87 bits per heavy atom. The van der Waals surface area contributed by atoms with Gasteiger partial charge in [0.15, 0.2) is 6.29 Å². The quantitative estimate of drug-likeness (QED) is 0.775. The normalized spacial score (nSPS) is 12.9. The molecule has 0 radical (unpaired) electrons. The highest BCUT2D eigenvalue weighted by molar-refractivity contribution is 5.85. The first kappa shape index (κ1) is 10.1. The van der Waals surface area contributed by atoms with E-state index in [0.29, 0.717) is 6.61 Å². The Morgan fingerprint density at radius 1 is 1.13 bits per heavy atom. The van der Waals surface area contributed by atoms with Crippen LogP contribution in [0.15, 0.2) is 42.5 Å². The molecule has 0 heterocycles. The maximum Gasteiger partial charge on any atom is 0.181 e. The van der Waals surface area contributed by atoms with Crippen molar-refractivity contribution in [3.63, 3.8) is 0 Å². The molecule has 0 aliphatic heterocycles. The SMILES string of the molecule is CCOC(O)c1cccc2ccccc12. The Morgan fingerprint density at radius 3 is 2.67 bits per heavy atom. The minimum absolute atomic E-state index is 0.504. The molecular weight excluding hydrogens is 188 g/mol. The molecule has 15 heavy (non-hydrogen) atoms. The number of aliphatic hydroxyl groups excluding tert-OH is 1. The van der Waals surface area contributed by atoms with E-state index in [1.54, 1.807) is 0 Å². The molecule has 0 spiro atoms. The summed E-state index contributed by atoms with van der Waals surface area (Å²) in [4.78, 5) is 0. The van der Waals surface area contributed by atoms with Crippen molar-refractivity contribution in [2.75, 3.05) is 6.61 Å². The lowest BCUT2D eigenvalue weighted by Crippen LogP contribution is -2.03. The average Bonchev–Trinajstić information content (AvgIpc) is 2.28. The molecule has 0 saturated carbocycles. The van der Waals surface area contributed by atoms with Crippen LogP contribution in [0.2, 0.25) is 0 Å². The summed E-state index contributed by atoms with van der Waals surface area (Å²) in [5.74, 6) is 0. The topological polar surface area (TPSA) is 29.5 Å². The van der Waals surface area contributed by atoms with Crippen LogP contribution in [0.1, 0.15) is 18.8 Å². The summed E-state index contributed by atoms with van der Waals surface area (Å²) in [6.07, 6.45) is -0.832. The van der Waals surface area contributed by atoms with E-state index in [-0.39, 0.29) is 0 Å². The highest BCUT2D eigenvalue weighted by Gasteiger charge is 2.09. The summed E-state index contributed by atoms with van der Waals surface area (Å²) in [7, 11) is 0. The molecule has 2 nitrogen and oxygen atoms in total. The van der Waals surface area contributed by atoms with Gasteiger partial charge in [0.1, 0.15) is 0 Å². The van der Waals surface area contributed by atoms with Gasteiger partial charge in [0.25, 0.3) is 0 Å². The Bertz CT molecular complexity index is 446. The molecule has 1 N–H and O–H groups in total. The van der Waals surface area contributed by atoms with E-state index < -0.39 is 6.29 Å². The molecule has 0 bridgehead atoms. The van der Waals surface area contributed by atoms with Gasteiger partial charge in [0, 0.05) is 12.2 Å². The molecule has 0 saturated heterocycles. The van der Waals surface area contributed by atoms with Crippen LogP contribution in [0.25, 0.3) is 10.8 Å². The van der Waals surface area contributed by atoms with Gasteiger partial charge in [-0.05, 0) is 17.7 Å². The van der Waals surface area contributed by atoms with Gasteiger partial charge in [-0.15, -0.1) is 0 Å². The van der Waals surface area contributed by atoms with E-state index in [4.69, 9.17) is 4.74 Å².